The van der Waals surface area contributed by atoms with E-state index in [4.69, 9.17) is 5.84 Å². The molecule has 3 N–H and O–H groups in total. The standard InChI is InChI=1S/C13H22N2O2S/c1-10(2)12-6-4-11(5-7-12)8-13(15-14)9-18(3,16)17/h4-7,10,13,15H,8-9,14H2,1-3H3. The van der Waals surface area contributed by atoms with E-state index < -0.39 is 9.84 Å². The molecule has 0 saturated carbocycles. The van der Waals surface area contributed by atoms with Gasteiger partial charge in [0, 0.05) is 12.3 Å². The smallest absolute Gasteiger partial charge is 0.149 e. The van der Waals surface area contributed by atoms with E-state index in [-0.39, 0.29) is 11.8 Å². The van der Waals surface area contributed by atoms with Crippen LogP contribution < -0.4 is 11.3 Å². The third-order valence-corrected chi connectivity index (χ3v) is 3.88. The molecule has 102 valence electrons. The van der Waals surface area contributed by atoms with Crippen LogP contribution >= 0.6 is 0 Å². The molecule has 0 aliphatic rings. The van der Waals surface area contributed by atoms with E-state index in [2.05, 4.69) is 31.4 Å². The Morgan fingerprint density at radius 3 is 2.17 bits per heavy atom. The third kappa shape index (κ3) is 5.16. The zero-order valence-corrected chi connectivity index (χ0v) is 12.0. The molecular weight excluding hydrogens is 248 g/mol. The Morgan fingerprint density at radius 2 is 1.78 bits per heavy atom. The zero-order valence-electron chi connectivity index (χ0n) is 11.2. The highest BCUT2D eigenvalue weighted by atomic mass is 32.2. The van der Waals surface area contributed by atoms with Crippen LogP contribution in [0.4, 0.5) is 0 Å². The van der Waals surface area contributed by atoms with Crippen molar-refractivity contribution in [2.75, 3.05) is 12.0 Å². The summed E-state index contributed by atoms with van der Waals surface area (Å²) in [5.41, 5.74) is 4.93. The Morgan fingerprint density at radius 1 is 1.22 bits per heavy atom. The highest BCUT2D eigenvalue weighted by molar-refractivity contribution is 7.90. The average Bonchev–Trinajstić information content (AvgIpc) is 2.27. The molecule has 0 fully saturated rings. The number of hydrogen-bond donors (Lipinski definition) is 2. The van der Waals surface area contributed by atoms with Crippen molar-refractivity contribution >= 4 is 9.84 Å². The highest BCUT2D eigenvalue weighted by Crippen LogP contribution is 2.15. The van der Waals surface area contributed by atoms with Gasteiger partial charge in [-0.3, -0.25) is 11.3 Å². The van der Waals surface area contributed by atoms with Crippen LogP contribution in [-0.2, 0) is 16.3 Å². The molecule has 1 aromatic carbocycles. The van der Waals surface area contributed by atoms with Crippen LogP contribution in [0.3, 0.4) is 0 Å². The number of nitrogens with one attached hydrogen (secondary N) is 1. The van der Waals surface area contributed by atoms with Crippen molar-refractivity contribution in [2.24, 2.45) is 5.84 Å². The molecule has 1 unspecified atom stereocenters. The summed E-state index contributed by atoms with van der Waals surface area (Å²) in [5.74, 6) is 5.94. The van der Waals surface area contributed by atoms with Crippen molar-refractivity contribution in [1.82, 2.24) is 5.43 Å². The second-order valence-corrected chi connectivity index (χ2v) is 7.24. The van der Waals surface area contributed by atoms with E-state index in [1.807, 2.05) is 12.1 Å². The lowest BCUT2D eigenvalue weighted by Crippen LogP contribution is -2.41. The van der Waals surface area contributed by atoms with Crippen LogP contribution in [0, 0.1) is 0 Å². The minimum atomic E-state index is -3.02. The van der Waals surface area contributed by atoms with Gasteiger partial charge in [0.15, 0.2) is 0 Å². The van der Waals surface area contributed by atoms with Crippen LogP contribution in [0.1, 0.15) is 30.9 Å². The topological polar surface area (TPSA) is 72.2 Å². The maximum Gasteiger partial charge on any atom is 0.149 e. The lowest BCUT2D eigenvalue weighted by molar-refractivity contribution is 0.546. The van der Waals surface area contributed by atoms with Crippen LogP contribution in [0.5, 0.6) is 0 Å². The number of hydrogen-bond acceptors (Lipinski definition) is 4. The molecule has 1 rings (SSSR count). The van der Waals surface area contributed by atoms with Gasteiger partial charge in [-0.05, 0) is 23.5 Å². The van der Waals surface area contributed by atoms with Crippen LogP contribution in [0.2, 0.25) is 0 Å². The first-order valence-electron chi connectivity index (χ1n) is 6.04. The number of sulfone groups is 1. The fourth-order valence-corrected chi connectivity index (χ4v) is 2.80. The number of benzene rings is 1. The third-order valence-electron chi connectivity index (χ3n) is 2.87. The summed E-state index contributed by atoms with van der Waals surface area (Å²) >= 11 is 0. The maximum atomic E-state index is 11.2. The van der Waals surface area contributed by atoms with Gasteiger partial charge < -0.3 is 0 Å². The number of hydrazine groups is 1. The van der Waals surface area contributed by atoms with E-state index >= 15 is 0 Å². The molecule has 0 aromatic heterocycles. The summed E-state index contributed by atoms with van der Waals surface area (Å²) in [4.78, 5) is 0. The molecule has 0 heterocycles. The molecule has 5 heteroatoms. The van der Waals surface area contributed by atoms with Gasteiger partial charge in [-0.2, -0.15) is 0 Å². The summed E-state index contributed by atoms with van der Waals surface area (Å²) in [7, 11) is -3.02. The minimum absolute atomic E-state index is 0.0510. The van der Waals surface area contributed by atoms with E-state index in [9.17, 15) is 8.42 Å². The van der Waals surface area contributed by atoms with Crippen LogP contribution in [0.25, 0.3) is 0 Å². The predicted octanol–water partition coefficient (Wildman–Crippen LogP) is 1.23. The lowest BCUT2D eigenvalue weighted by Gasteiger charge is -2.15. The van der Waals surface area contributed by atoms with Crippen LogP contribution in [0.15, 0.2) is 24.3 Å². The normalized spacial score (nSPS) is 13.8. The van der Waals surface area contributed by atoms with Crippen molar-refractivity contribution in [3.8, 4) is 0 Å². The zero-order chi connectivity index (χ0) is 13.8. The molecule has 0 radical (unpaired) electrons. The van der Waals surface area contributed by atoms with Crippen molar-refractivity contribution in [3.05, 3.63) is 35.4 Å². The number of rotatable bonds is 6. The fourth-order valence-electron chi connectivity index (χ4n) is 1.85. The van der Waals surface area contributed by atoms with Gasteiger partial charge >= 0.3 is 0 Å². The Balaban J connectivity index is 2.70. The maximum absolute atomic E-state index is 11.2. The summed E-state index contributed by atoms with van der Waals surface area (Å²) < 4.78 is 22.5. The summed E-state index contributed by atoms with van der Waals surface area (Å²) in [5, 5.41) is 0. The molecule has 4 nitrogen and oxygen atoms in total. The molecule has 0 amide bonds. The highest BCUT2D eigenvalue weighted by Gasteiger charge is 2.14. The fraction of sp³-hybridized carbons (Fsp3) is 0.538. The van der Waals surface area contributed by atoms with E-state index in [0.29, 0.717) is 12.3 Å². The van der Waals surface area contributed by atoms with Gasteiger partial charge in [0.05, 0.1) is 5.75 Å². The van der Waals surface area contributed by atoms with E-state index in [0.717, 1.165) is 5.56 Å². The molecule has 0 aliphatic heterocycles. The van der Waals surface area contributed by atoms with Crippen molar-refractivity contribution in [3.63, 3.8) is 0 Å². The monoisotopic (exact) mass is 270 g/mol. The Hall–Kier alpha value is -0.910. The summed E-state index contributed by atoms with van der Waals surface area (Å²) in [6, 6.07) is 7.97. The predicted molar refractivity (Wildman–Crippen MR) is 75.1 cm³/mol. The van der Waals surface area contributed by atoms with Gasteiger partial charge in [-0.15, -0.1) is 0 Å². The van der Waals surface area contributed by atoms with Gasteiger partial charge in [0.25, 0.3) is 0 Å². The van der Waals surface area contributed by atoms with Crippen molar-refractivity contribution in [1.29, 1.82) is 0 Å². The SMILES string of the molecule is CC(C)c1ccc(CC(CS(C)(=O)=O)NN)cc1. The van der Waals surface area contributed by atoms with E-state index in [1.165, 1.54) is 11.8 Å². The summed E-state index contributed by atoms with van der Waals surface area (Å²) in [6.45, 7) is 4.28. The lowest BCUT2D eigenvalue weighted by atomic mass is 9.99. The van der Waals surface area contributed by atoms with Crippen molar-refractivity contribution < 1.29 is 8.42 Å². The molecule has 1 aromatic rings. The van der Waals surface area contributed by atoms with Gasteiger partial charge in [0.2, 0.25) is 0 Å². The molecule has 0 aliphatic carbocycles. The molecule has 0 saturated heterocycles. The Bertz CT molecular complexity index is 466. The first-order valence-corrected chi connectivity index (χ1v) is 8.10. The molecule has 0 bridgehead atoms. The Kier molecular flexibility index (Phi) is 5.31. The molecule has 18 heavy (non-hydrogen) atoms. The van der Waals surface area contributed by atoms with Gasteiger partial charge in [-0.25, -0.2) is 8.42 Å². The summed E-state index contributed by atoms with van der Waals surface area (Å²) in [6.07, 6.45) is 1.83. The average molecular weight is 270 g/mol. The van der Waals surface area contributed by atoms with Crippen LogP contribution in [-0.4, -0.2) is 26.5 Å². The molecule has 0 spiro atoms. The quantitative estimate of drug-likeness (QED) is 0.602. The molecule has 1 atom stereocenters. The largest absolute Gasteiger partial charge is 0.271 e. The first-order chi connectivity index (χ1) is 8.31. The van der Waals surface area contributed by atoms with Crippen molar-refractivity contribution in [2.45, 2.75) is 32.2 Å². The number of nitrogens with two attached hydrogens (primary N) is 1. The molecular formula is C13H22N2O2S. The van der Waals surface area contributed by atoms with E-state index in [1.54, 1.807) is 0 Å². The second kappa shape index (κ2) is 6.31. The second-order valence-electron chi connectivity index (χ2n) is 5.06. The first kappa shape index (κ1) is 15.1. The van der Waals surface area contributed by atoms with Gasteiger partial charge in [0.1, 0.15) is 9.84 Å². The minimum Gasteiger partial charge on any atom is -0.271 e. The Labute approximate surface area is 109 Å². The van der Waals surface area contributed by atoms with Gasteiger partial charge in [-0.1, -0.05) is 38.1 Å².